The van der Waals surface area contributed by atoms with E-state index in [2.05, 4.69) is 0 Å². The average Bonchev–Trinajstić information content (AvgIpc) is 2.32. The quantitative estimate of drug-likeness (QED) is 0.740. The van der Waals surface area contributed by atoms with E-state index in [1.54, 1.807) is 19.1 Å². The molecule has 17 heavy (non-hydrogen) atoms. The molecule has 0 radical (unpaired) electrons. The van der Waals surface area contributed by atoms with Crippen LogP contribution in [0.25, 0.3) is 6.08 Å². The van der Waals surface area contributed by atoms with Crippen molar-refractivity contribution in [3.05, 3.63) is 35.7 Å². The Hall–Kier alpha value is -1.84. The van der Waals surface area contributed by atoms with Crippen LogP contribution in [0.1, 0.15) is 18.9 Å². The first-order chi connectivity index (χ1) is 8.17. The van der Waals surface area contributed by atoms with Crippen molar-refractivity contribution in [3.8, 4) is 5.75 Å². The van der Waals surface area contributed by atoms with Crippen molar-refractivity contribution in [2.24, 2.45) is 0 Å². The third kappa shape index (κ3) is 4.26. The van der Waals surface area contributed by atoms with Gasteiger partial charge < -0.3 is 9.47 Å². The fourth-order valence-electron chi connectivity index (χ4n) is 1.28. The SMILES string of the molecule is CCOC(=O)CC=Cc1cc(OC)ccc1F. The van der Waals surface area contributed by atoms with E-state index in [0.717, 1.165) is 0 Å². The lowest BCUT2D eigenvalue weighted by molar-refractivity contribution is -0.142. The van der Waals surface area contributed by atoms with Gasteiger partial charge in [-0.15, -0.1) is 0 Å². The Labute approximate surface area is 99.9 Å². The van der Waals surface area contributed by atoms with Gasteiger partial charge in [-0.2, -0.15) is 0 Å². The molecule has 1 rings (SSSR count). The highest BCUT2D eigenvalue weighted by Gasteiger charge is 2.01. The van der Waals surface area contributed by atoms with Crippen LogP contribution in [0.4, 0.5) is 4.39 Å². The lowest BCUT2D eigenvalue weighted by Crippen LogP contribution is -2.01. The van der Waals surface area contributed by atoms with E-state index in [0.29, 0.717) is 17.9 Å². The van der Waals surface area contributed by atoms with Crippen molar-refractivity contribution >= 4 is 12.0 Å². The van der Waals surface area contributed by atoms with Crippen LogP contribution in [0.15, 0.2) is 24.3 Å². The van der Waals surface area contributed by atoms with Gasteiger partial charge in [-0.25, -0.2) is 4.39 Å². The predicted molar refractivity (Wildman–Crippen MR) is 63.2 cm³/mol. The maximum atomic E-state index is 13.4. The smallest absolute Gasteiger partial charge is 0.309 e. The summed E-state index contributed by atoms with van der Waals surface area (Å²) >= 11 is 0. The second kappa shape index (κ2) is 6.68. The highest BCUT2D eigenvalue weighted by atomic mass is 19.1. The Morgan fingerprint density at radius 1 is 1.47 bits per heavy atom. The van der Waals surface area contributed by atoms with Gasteiger partial charge in [0.25, 0.3) is 0 Å². The van der Waals surface area contributed by atoms with E-state index in [4.69, 9.17) is 9.47 Å². The summed E-state index contributed by atoms with van der Waals surface area (Å²) in [5, 5.41) is 0. The number of esters is 1. The number of ether oxygens (including phenoxy) is 2. The number of methoxy groups -OCH3 is 1. The van der Waals surface area contributed by atoms with Gasteiger partial charge in [-0.3, -0.25) is 4.79 Å². The van der Waals surface area contributed by atoms with Gasteiger partial charge in [0.1, 0.15) is 11.6 Å². The Kier molecular flexibility index (Phi) is 5.20. The molecule has 0 N–H and O–H groups in total. The number of hydrogen-bond acceptors (Lipinski definition) is 3. The molecular formula is C13H15FO3. The first kappa shape index (κ1) is 13.2. The molecule has 0 atom stereocenters. The third-order valence-electron chi connectivity index (χ3n) is 2.09. The molecule has 0 aliphatic rings. The molecule has 1 aromatic carbocycles. The average molecular weight is 238 g/mol. The Bertz CT molecular complexity index is 413. The molecule has 3 nitrogen and oxygen atoms in total. The molecule has 0 aliphatic heterocycles. The first-order valence-corrected chi connectivity index (χ1v) is 5.33. The van der Waals surface area contributed by atoms with Crippen molar-refractivity contribution in [2.45, 2.75) is 13.3 Å². The predicted octanol–water partition coefficient (Wildman–Crippen LogP) is 2.80. The fraction of sp³-hybridized carbons (Fsp3) is 0.308. The molecule has 0 spiro atoms. The summed E-state index contributed by atoms with van der Waals surface area (Å²) in [6.45, 7) is 2.09. The highest BCUT2D eigenvalue weighted by molar-refractivity contribution is 5.72. The Balaban J connectivity index is 2.67. The zero-order chi connectivity index (χ0) is 12.7. The van der Waals surface area contributed by atoms with Gasteiger partial charge in [0.05, 0.1) is 20.1 Å². The van der Waals surface area contributed by atoms with Gasteiger partial charge in [0.2, 0.25) is 0 Å². The maximum Gasteiger partial charge on any atom is 0.309 e. The second-order valence-electron chi connectivity index (χ2n) is 3.30. The van der Waals surface area contributed by atoms with E-state index in [-0.39, 0.29) is 18.2 Å². The van der Waals surface area contributed by atoms with Crippen molar-refractivity contribution in [2.75, 3.05) is 13.7 Å². The van der Waals surface area contributed by atoms with E-state index < -0.39 is 0 Å². The first-order valence-electron chi connectivity index (χ1n) is 5.33. The minimum atomic E-state index is -0.356. The zero-order valence-electron chi connectivity index (χ0n) is 9.90. The molecular weight excluding hydrogens is 223 g/mol. The highest BCUT2D eigenvalue weighted by Crippen LogP contribution is 2.17. The van der Waals surface area contributed by atoms with Gasteiger partial charge in [-0.05, 0) is 25.1 Å². The summed E-state index contributed by atoms with van der Waals surface area (Å²) in [5.41, 5.74) is 0.383. The molecule has 1 aromatic rings. The monoisotopic (exact) mass is 238 g/mol. The lowest BCUT2D eigenvalue weighted by Gasteiger charge is -2.02. The summed E-state index contributed by atoms with van der Waals surface area (Å²) in [4.78, 5) is 11.0. The molecule has 0 bridgehead atoms. The topological polar surface area (TPSA) is 35.5 Å². The van der Waals surface area contributed by atoms with Crippen LogP contribution in [0, 0.1) is 5.82 Å². The van der Waals surface area contributed by atoms with Crippen LogP contribution in [0.5, 0.6) is 5.75 Å². The molecule has 0 saturated carbocycles. The summed E-state index contributed by atoms with van der Waals surface area (Å²) in [5.74, 6) is -0.111. The fourth-order valence-corrected chi connectivity index (χ4v) is 1.28. The molecule has 0 amide bonds. The second-order valence-corrected chi connectivity index (χ2v) is 3.30. The number of carbonyl (C=O) groups excluding carboxylic acids is 1. The van der Waals surface area contributed by atoms with Crippen molar-refractivity contribution in [1.29, 1.82) is 0 Å². The van der Waals surface area contributed by atoms with Gasteiger partial charge in [0.15, 0.2) is 0 Å². The van der Waals surface area contributed by atoms with Crippen LogP contribution in [-0.2, 0) is 9.53 Å². The van der Waals surface area contributed by atoms with E-state index >= 15 is 0 Å². The summed E-state index contributed by atoms with van der Waals surface area (Å²) in [6.07, 6.45) is 3.23. The molecule has 92 valence electrons. The van der Waals surface area contributed by atoms with Gasteiger partial charge in [-0.1, -0.05) is 12.2 Å². The summed E-state index contributed by atoms with van der Waals surface area (Å²) in [7, 11) is 1.51. The van der Waals surface area contributed by atoms with Crippen molar-refractivity contribution < 1.29 is 18.7 Å². The Morgan fingerprint density at radius 2 is 2.24 bits per heavy atom. The number of rotatable bonds is 5. The molecule has 0 fully saturated rings. The largest absolute Gasteiger partial charge is 0.497 e. The van der Waals surface area contributed by atoms with E-state index in [1.807, 2.05) is 0 Å². The molecule has 0 aromatic heterocycles. The van der Waals surface area contributed by atoms with Crippen LogP contribution in [-0.4, -0.2) is 19.7 Å². The molecule has 4 heteroatoms. The molecule has 0 saturated heterocycles. The maximum absolute atomic E-state index is 13.4. The number of hydrogen-bond donors (Lipinski definition) is 0. The van der Waals surface area contributed by atoms with Gasteiger partial charge in [0, 0.05) is 5.56 Å². The third-order valence-corrected chi connectivity index (χ3v) is 2.09. The number of carbonyl (C=O) groups is 1. The molecule has 0 unspecified atom stereocenters. The van der Waals surface area contributed by atoms with E-state index in [1.165, 1.54) is 25.3 Å². The van der Waals surface area contributed by atoms with Crippen molar-refractivity contribution in [1.82, 2.24) is 0 Å². The van der Waals surface area contributed by atoms with Crippen LogP contribution in [0.3, 0.4) is 0 Å². The summed E-state index contributed by atoms with van der Waals surface area (Å²) in [6, 6.07) is 4.43. The Morgan fingerprint density at radius 3 is 2.88 bits per heavy atom. The number of halogens is 1. The van der Waals surface area contributed by atoms with Crippen LogP contribution >= 0.6 is 0 Å². The molecule has 0 heterocycles. The lowest BCUT2D eigenvalue weighted by atomic mass is 10.1. The number of benzene rings is 1. The minimum Gasteiger partial charge on any atom is -0.497 e. The standard InChI is InChI=1S/C13H15FO3/c1-3-17-13(15)6-4-5-10-9-11(16-2)7-8-12(10)14/h4-5,7-9H,3,6H2,1-2H3. The summed E-state index contributed by atoms with van der Waals surface area (Å²) < 4.78 is 23.1. The zero-order valence-corrected chi connectivity index (χ0v) is 9.90. The van der Waals surface area contributed by atoms with Crippen LogP contribution in [0.2, 0.25) is 0 Å². The van der Waals surface area contributed by atoms with Gasteiger partial charge >= 0.3 is 5.97 Å². The normalized spacial score (nSPS) is 10.5. The minimum absolute atomic E-state index is 0.129. The van der Waals surface area contributed by atoms with Crippen molar-refractivity contribution in [3.63, 3.8) is 0 Å². The van der Waals surface area contributed by atoms with E-state index in [9.17, 15) is 9.18 Å². The molecule has 0 aliphatic carbocycles. The van der Waals surface area contributed by atoms with Crippen LogP contribution < -0.4 is 4.74 Å².